The maximum absolute atomic E-state index is 12.8. The van der Waals surface area contributed by atoms with E-state index < -0.39 is 11.8 Å². The fraction of sp³-hybridized carbons (Fsp3) is 0.333. The molecule has 3 rings (SSSR count). The molecule has 2 aromatic rings. The lowest BCUT2D eigenvalue weighted by molar-refractivity contribution is -0.162. The van der Waals surface area contributed by atoms with E-state index in [1.165, 1.54) is 6.26 Å². The van der Waals surface area contributed by atoms with Crippen LogP contribution in [0.3, 0.4) is 0 Å². The third-order valence-electron chi connectivity index (χ3n) is 3.81. The number of benzene rings is 1. The summed E-state index contributed by atoms with van der Waals surface area (Å²) in [5.74, 6) is -1.43. The second kappa shape index (κ2) is 6.59. The van der Waals surface area contributed by atoms with Crippen LogP contribution in [0.1, 0.15) is 45.9 Å². The highest BCUT2D eigenvalue weighted by molar-refractivity contribution is 6.14. The summed E-state index contributed by atoms with van der Waals surface area (Å²) in [5, 5.41) is 0. The van der Waals surface area contributed by atoms with Gasteiger partial charge in [-0.2, -0.15) is 0 Å². The zero-order valence-corrected chi connectivity index (χ0v) is 13.5. The van der Waals surface area contributed by atoms with Gasteiger partial charge < -0.3 is 18.6 Å². The Morgan fingerprint density at radius 2 is 1.83 bits per heavy atom. The molecule has 1 aliphatic heterocycles. The normalized spacial score (nSPS) is 16.1. The number of hydrogen-bond donors (Lipinski definition) is 0. The summed E-state index contributed by atoms with van der Waals surface area (Å²) in [6.07, 6.45) is 1.34. The number of carbonyl (C=O) groups is 2. The lowest BCUT2D eigenvalue weighted by atomic mass is 9.99. The number of ketones is 1. The molecule has 0 radical (unpaired) electrons. The minimum absolute atomic E-state index is 0.228. The predicted octanol–water partition coefficient (Wildman–Crippen LogP) is 2.91. The summed E-state index contributed by atoms with van der Waals surface area (Å²) < 4.78 is 21.5. The Balaban J connectivity index is 1.90. The van der Waals surface area contributed by atoms with Gasteiger partial charge in [-0.05, 0) is 26.0 Å². The summed E-state index contributed by atoms with van der Waals surface area (Å²) in [7, 11) is 0. The SMILES string of the molecule is CCOC(=O)c1ccccc1C(=O)c1coc(C2(C)OCCO2)c1. The first kappa shape index (κ1) is 16.4. The molecule has 2 heterocycles. The molecule has 1 fully saturated rings. The van der Waals surface area contributed by atoms with Crippen molar-refractivity contribution in [2.75, 3.05) is 19.8 Å². The quantitative estimate of drug-likeness (QED) is 0.620. The molecule has 0 aliphatic carbocycles. The van der Waals surface area contributed by atoms with Crippen LogP contribution >= 0.6 is 0 Å². The van der Waals surface area contributed by atoms with Crippen molar-refractivity contribution in [3.8, 4) is 0 Å². The highest BCUT2D eigenvalue weighted by Crippen LogP contribution is 2.32. The zero-order chi connectivity index (χ0) is 17.2. The molecular formula is C18H18O6. The average molecular weight is 330 g/mol. The second-order valence-electron chi connectivity index (χ2n) is 5.44. The summed E-state index contributed by atoms with van der Waals surface area (Å²) >= 11 is 0. The number of carbonyl (C=O) groups excluding carboxylic acids is 2. The van der Waals surface area contributed by atoms with E-state index >= 15 is 0 Å². The number of ether oxygens (including phenoxy) is 3. The lowest BCUT2D eigenvalue weighted by Gasteiger charge is -2.18. The molecule has 0 spiro atoms. The molecule has 6 heteroatoms. The molecule has 126 valence electrons. The Bertz CT molecular complexity index is 754. The van der Waals surface area contributed by atoms with Crippen molar-refractivity contribution >= 4 is 11.8 Å². The van der Waals surface area contributed by atoms with Gasteiger partial charge in [0, 0.05) is 5.56 Å². The highest BCUT2D eigenvalue weighted by Gasteiger charge is 2.37. The Morgan fingerprint density at radius 1 is 1.17 bits per heavy atom. The van der Waals surface area contributed by atoms with Gasteiger partial charge in [-0.15, -0.1) is 0 Å². The van der Waals surface area contributed by atoms with Crippen LogP contribution in [0.2, 0.25) is 0 Å². The fourth-order valence-electron chi connectivity index (χ4n) is 2.57. The van der Waals surface area contributed by atoms with Crippen molar-refractivity contribution in [1.29, 1.82) is 0 Å². The maximum Gasteiger partial charge on any atom is 0.338 e. The van der Waals surface area contributed by atoms with Crippen molar-refractivity contribution in [3.05, 3.63) is 59.0 Å². The van der Waals surface area contributed by atoms with E-state index in [0.29, 0.717) is 24.5 Å². The number of furan rings is 1. The van der Waals surface area contributed by atoms with E-state index in [9.17, 15) is 9.59 Å². The molecule has 1 aromatic heterocycles. The smallest absolute Gasteiger partial charge is 0.338 e. The van der Waals surface area contributed by atoms with E-state index in [1.807, 2.05) is 0 Å². The van der Waals surface area contributed by atoms with Gasteiger partial charge in [0.25, 0.3) is 0 Å². The van der Waals surface area contributed by atoms with Gasteiger partial charge in [-0.25, -0.2) is 4.79 Å². The maximum atomic E-state index is 12.8. The van der Waals surface area contributed by atoms with Gasteiger partial charge in [0.05, 0.1) is 30.9 Å². The molecule has 0 N–H and O–H groups in total. The lowest BCUT2D eigenvalue weighted by Crippen LogP contribution is -2.21. The Kier molecular flexibility index (Phi) is 4.51. The highest BCUT2D eigenvalue weighted by atomic mass is 16.7. The second-order valence-corrected chi connectivity index (χ2v) is 5.44. The Hall–Kier alpha value is -2.44. The van der Waals surface area contributed by atoms with Crippen LogP contribution in [-0.4, -0.2) is 31.6 Å². The Morgan fingerprint density at radius 3 is 2.50 bits per heavy atom. The van der Waals surface area contributed by atoms with Crippen LogP contribution in [0.25, 0.3) is 0 Å². The van der Waals surface area contributed by atoms with Gasteiger partial charge >= 0.3 is 5.97 Å². The first-order chi connectivity index (χ1) is 11.5. The van der Waals surface area contributed by atoms with E-state index in [4.69, 9.17) is 18.6 Å². The summed E-state index contributed by atoms with van der Waals surface area (Å²) in [4.78, 5) is 24.8. The third kappa shape index (κ3) is 2.98. The van der Waals surface area contributed by atoms with Crippen LogP contribution in [-0.2, 0) is 20.0 Å². The van der Waals surface area contributed by atoms with E-state index in [2.05, 4.69) is 0 Å². The topological polar surface area (TPSA) is 75.0 Å². The number of hydrogen-bond acceptors (Lipinski definition) is 6. The van der Waals surface area contributed by atoms with Crippen LogP contribution in [0.5, 0.6) is 0 Å². The monoisotopic (exact) mass is 330 g/mol. The summed E-state index contributed by atoms with van der Waals surface area (Å²) in [6, 6.07) is 8.12. The van der Waals surface area contributed by atoms with Crippen molar-refractivity contribution < 1.29 is 28.2 Å². The summed E-state index contributed by atoms with van der Waals surface area (Å²) in [6.45, 7) is 4.62. The number of rotatable bonds is 5. The third-order valence-corrected chi connectivity index (χ3v) is 3.81. The van der Waals surface area contributed by atoms with Crippen LogP contribution in [0.4, 0.5) is 0 Å². The van der Waals surface area contributed by atoms with E-state index in [1.54, 1.807) is 44.2 Å². The van der Waals surface area contributed by atoms with Crippen molar-refractivity contribution in [1.82, 2.24) is 0 Å². The van der Waals surface area contributed by atoms with Gasteiger partial charge in [0.1, 0.15) is 6.26 Å². The van der Waals surface area contributed by atoms with Crippen LogP contribution < -0.4 is 0 Å². The van der Waals surface area contributed by atoms with E-state index in [0.717, 1.165) is 0 Å². The Labute approximate surface area is 139 Å². The molecule has 1 saturated heterocycles. The predicted molar refractivity (Wildman–Crippen MR) is 83.8 cm³/mol. The van der Waals surface area contributed by atoms with Gasteiger partial charge in [0.2, 0.25) is 5.79 Å². The standard InChI is InChI=1S/C18H18O6/c1-3-21-17(20)14-7-5-4-6-13(14)16(19)12-10-15(22-11-12)18(2)23-8-9-24-18/h4-7,10-11H,3,8-9H2,1-2H3. The molecule has 1 aliphatic rings. The van der Waals surface area contributed by atoms with Gasteiger partial charge in [-0.3, -0.25) is 4.79 Å². The minimum atomic E-state index is -0.987. The van der Waals surface area contributed by atoms with Crippen molar-refractivity contribution in [2.45, 2.75) is 19.6 Å². The van der Waals surface area contributed by atoms with Crippen LogP contribution in [0.15, 0.2) is 41.0 Å². The first-order valence-electron chi connectivity index (χ1n) is 7.73. The molecule has 0 saturated carbocycles. The first-order valence-corrected chi connectivity index (χ1v) is 7.73. The van der Waals surface area contributed by atoms with Crippen LogP contribution in [0, 0.1) is 0 Å². The van der Waals surface area contributed by atoms with Gasteiger partial charge in [-0.1, -0.05) is 18.2 Å². The fourth-order valence-corrected chi connectivity index (χ4v) is 2.57. The zero-order valence-electron chi connectivity index (χ0n) is 13.5. The largest absolute Gasteiger partial charge is 0.463 e. The summed E-state index contributed by atoms with van der Waals surface area (Å²) in [5.41, 5.74) is 0.815. The average Bonchev–Trinajstić information content (AvgIpc) is 3.24. The molecule has 0 amide bonds. The molecule has 0 unspecified atom stereocenters. The molecule has 1 aromatic carbocycles. The van der Waals surface area contributed by atoms with E-state index in [-0.39, 0.29) is 23.5 Å². The van der Waals surface area contributed by atoms with Gasteiger partial charge in [0.15, 0.2) is 11.5 Å². The van der Waals surface area contributed by atoms with Crippen molar-refractivity contribution in [2.24, 2.45) is 0 Å². The molecule has 6 nitrogen and oxygen atoms in total. The number of esters is 1. The van der Waals surface area contributed by atoms with Crippen molar-refractivity contribution in [3.63, 3.8) is 0 Å². The molecule has 0 bridgehead atoms. The minimum Gasteiger partial charge on any atom is -0.463 e. The molecule has 24 heavy (non-hydrogen) atoms. The molecule has 0 atom stereocenters. The molecular weight excluding hydrogens is 312 g/mol.